The normalized spacial score (nSPS) is 34.1. The van der Waals surface area contributed by atoms with Crippen LogP contribution in [-0.2, 0) is 0 Å². The molecule has 0 aromatic heterocycles. The predicted molar refractivity (Wildman–Crippen MR) is 88.6 cm³/mol. The van der Waals surface area contributed by atoms with Crippen molar-refractivity contribution in [2.45, 2.75) is 57.5 Å². The predicted octanol–water partition coefficient (Wildman–Crippen LogP) is 1.54. The average molecular weight is 297 g/mol. The highest BCUT2D eigenvalue weighted by Gasteiger charge is 2.41. The molecule has 3 unspecified atom stereocenters. The SMILES string of the molecule is CCN(CC)C1CCN(CCC2CCCC2(CO)NC)C1. The fraction of sp³-hybridized carbons (Fsp3) is 1.00. The van der Waals surface area contributed by atoms with Gasteiger partial charge in [-0.1, -0.05) is 20.3 Å². The molecule has 4 nitrogen and oxygen atoms in total. The molecule has 1 heterocycles. The second-order valence-corrected chi connectivity index (χ2v) is 6.91. The standard InChI is InChI=1S/C17H35N3O/c1-4-20(5-2)16-9-12-19(13-16)11-8-15-7-6-10-17(15,14-21)18-3/h15-16,18,21H,4-14H2,1-3H3. The summed E-state index contributed by atoms with van der Waals surface area (Å²) in [4.78, 5) is 5.24. The zero-order valence-corrected chi connectivity index (χ0v) is 14.3. The Kier molecular flexibility index (Phi) is 6.48. The Morgan fingerprint density at radius 1 is 1.29 bits per heavy atom. The van der Waals surface area contributed by atoms with Gasteiger partial charge in [-0.15, -0.1) is 0 Å². The third-order valence-corrected chi connectivity index (χ3v) is 6.11. The summed E-state index contributed by atoms with van der Waals surface area (Å²) in [6.45, 7) is 10.9. The molecule has 1 saturated heterocycles. The Balaban J connectivity index is 1.79. The summed E-state index contributed by atoms with van der Waals surface area (Å²) in [5, 5.41) is 13.2. The lowest BCUT2D eigenvalue weighted by molar-refractivity contribution is 0.119. The molecule has 124 valence electrons. The summed E-state index contributed by atoms with van der Waals surface area (Å²) in [6, 6.07) is 0.760. The van der Waals surface area contributed by atoms with Gasteiger partial charge >= 0.3 is 0 Å². The molecule has 1 saturated carbocycles. The van der Waals surface area contributed by atoms with E-state index >= 15 is 0 Å². The maximum absolute atomic E-state index is 9.77. The van der Waals surface area contributed by atoms with Crippen molar-refractivity contribution >= 4 is 0 Å². The molecule has 2 N–H and O–H groups in total. The quantitative estimate of drug-likeness (QED) is 0.713. The summed E-state index contributed by atoms with van der Waals surface area (Å²) < 4.78 is 0. The Bertz CT molecular complexity index is 302. The van der Waals surface area contributed by atoms with E-state index in [0.29, 0.717) is 5.92 Å². The smallest absolute Gasteiger partial charge is 0.0615 e. The van der Waals surface area contributed by atoms with Crippen LogP contribution < -0.4 is 5.32 Å². The van der Waals surface area contributed by atoms with Crippen molar-refractivity contribution < 1.29 is 5.11 Å². The van der Waals surface area contributed by atoms with Crippen LogP contribution in [0.5, 0.6) is 0 Å². The summed E-state index contributed by atoms with van der Waals surface area (Å²) in [6.07, 6.45) is 6.21. The van der Waals surface area contributed by atoms with E-state index in [1.54, 1.807) is 0 Å². The van der Waals surface area contributed by atoms with Crippen molar-refractivity contribution in [3.63, 3.8) is 0 Å². The Labute approximate surface area is 130 Å². The summed E-state index contributed by atoms with van der Waals surface area (Å²) in [5.41, 5.74) is -0.00199. The van der Waals surface area contributed by atoms with Gasteiger partial charge in [0.2, 0.25) is 0 Å². The molecule has 1 aliphatic heterocycles. The van der Waals surface area contributed by atoms with Gasteiger partial charge in [-0.3, -0.25) is 4.90 Å². The highest BCUT2D eigenvalue weighted by atomic mass is 16.3. The monoisotopic (exact) mass is 297 g/mol. The maximum Gasteiger partial charge on any atom is 0.0615 e. The molecule has 0 aromatic rings. The first-order valence-electron chi connectivity index (χ1n) is 8.95. The number of hydrogen-bond donors (Lipinski definition) is 2. The lowest BCUT2D eigenvalue weighted by Crippen LogP contribution is -2.50. The molecule has 2 fully saturated rings. The van der Waals surface area contributed by atoms with Crippen LogP contribution in [0.1, 0.15) is 46.0 Å². The van der Waals surface area contributed by atoms with Crippen molar-refractivity contribution in [2.24, 2.45) is 5.92 Å². The summed E-state index contributed by atoms with van der Waals surface area (Å²) in [5.74, 6) is 0.639. The third-order valence-electron chi connectivity index (χ3n) is 6.11. The van der Waals surface area contributed by atoms with Crippen molar-refractivity contribution in [2.75, 3.05) is 46.4 Å². The van der Waals surface area contributed by atoms with Crippen LogP contribution >= 0.6 is 0 Å². The number of hydrogen-bond acceptors (Lipinski definition) is 4. The molecular formula is C17H35N3O. The van der Waals surface area contributed by atoms with Crippen LogP contribution in [0.25, 0.3) is 0 Å². The number of aliphatic hydroxyl groups excluding tert-OH is 1. The second-order valence-electron chi connectivity index (χ2n) is 6.91. The van der Waals surface area contributed by atoms with Gasteiger partial charge in [0, 0.05) is 18.1 Å². The van der Waals surface area contributed by atoms with E-state index in [-0.39, 0.29) is 12.1 Å². The number of likely N-dealkylation sites (tertiary alicyclic amines) is 1. The van der Waals surface area contributed by atoms with Gasteiger partial charge in [0.1, 0.15) is 0 Å². The van der Waals surface area contributed by atoms with Crippen LogP contribution in [-0.4, -0.2) is 72.9 Å². The molecule has 0 spiro atoms. The lowest BCUT2D eigenvalue weighted by Gasteiger charge is -2.34. The van der Waals surface area contributed by atoms with E-state index in [1.807, 2.05) is 7.05 Å². The molecule has 0 bridgehead atoms. The average Bonchev–Trinajstić information content (AvgIpc) is 3.13. The minimum absolute atomic E-state index is 0.00199. The molecule has 0 radical (unpaired) electrons. The topological polar surface area (TPSA) is 38.7 Å². The Morgan fingerprint density at radius 2 is 2.05 bits per heavy atom. The lowest BCUT2D eigenvalue weighted by atomic mass is 9.85. The van der Waals surface area contributed by atoms with Gasteiger partial charge < -0.3 is 15.3 Å². The van der Waals surface area contributed by atoms with Crippen LogP contribution in [0, 0.1) is 5.92 Å². The van der Waals surface area contributed by atoms with E-state index in [2.05, 4.69) is 29.0 Å². The third kappa shape index (κ3) is 3.79. The van der Waals surface area contributed by atoms with Gasteiger partial charge in [0.05, 0.1) is 6.61 Å². The number of likely N-dealkylation sites (N-methyl/N-ethyl adjacent to an activating group) is 2. The zero-order chi connectivity index (χ0) is 15.3. The molecule has 21 heavy (non-hydrogen) atoms. The first-order chi connectivity index (χ1) is 10.2. The number of nitrogens with one attached hydrogen (secondary N) is 1. The molecule has 4 heteroatoms. The summed E-state index contributed by atoms with van der Waals surface area (Å²) in [7, 11) is 2.01. The van der Waals surface area contributed by atoms with E-state index in [1.165, 1.54) is 58.4 Å². The minimum Gasteiger partial charge on any atom is -0.394 e. The molecule has 2 rings (SSSR count). The van der Waals surface area contributed by atoms with Crippen LogP contribution in [0.15, 0.2) is 0 Å². The molecule has 1 aliphatic carbocycles. The van der Waals surface area contributed by atoms with Crippen molar-refractivity contribution in [3.8, 4) is 0 Å². The Morgan fingerprint density at radius 3 is 2.67 bits per heavy atom. The minimum atomic E-state index is -0.00199. The highest BCUT2D eigenvalue weighted by Crippen LogP contribution is 2.37. The van der Waals surface area contributed by atoms with E-state index in [9.17, 15) is 5.11 Å². The number of nitrogens with zero attached hydrogens (tertiary/aromatic N) is 2. The van der Waals surface area contributed by atoms with E-state index < -0.39 is 0 Å². The fourth-order valence-corrected chi connectivity index (χ4v) is 4.57. The molecule has 0 aromatic carbocycles. The molecule has 0 amide bonds. The number of aliphatic hydroxyl groups is 1. The molecule has 3 atom stereocenters. The van der Waals surface area contributed by atoms with Crippen LogP contribution in [0.2, 0.25) is 0 Å². The van der Waals surface area contributed by atoms with Crippen LogP contribution in [0.3, 0.4) is 0 Å². The number of rotatable bonds is 8. The molecular weight excluding hydrogens is 262 g/mol. The van der Waals surface area contributed by atoms with E-state index in [0.717, 1.165) is 12.5 Å². The first kappa shape index (κ1) is 17.2. The Hall–Kier alpha value is -0.160. The largest absolute Gasteiger partial charge is 0.394 e. The molecule has 2 aliphatic rings. The van der Waals surface area contributed by atoms with Gasteiger partial charge in [-0.05, 0) is 64.8 Å². The van der Waals surface area contributed by atoms with Gasteiger partial charge in [0.15, 0.2) is 0 Å². The summed E-state index contributed by atoms with van der Waals surface area (Å²) >= 11 is 0. The fourth-order valence-electron chi connectivity index (χ4n) is 4.57. The van der Waals surface area contributed by atoms with Crippen LogP contribution in [0.4, 0.5) is 0 Å². The highest BCUT2D eigenvalue weighted by molar-refractivity contribution is 4.98. The van der Waals surface area contributed by atoms with E-state index in [4.69, 9.17) is 0 Å². The van der Waals surface area contributed by atoms with Gasteiger partial charge in [-0.25, -0.2) is 0 Å². The maximum atomic E-state index is 9.77. The van der Waals surface area contributed by atoms with Gasteiger partial charge in [-0.2, -0.15) is 0 Å². The zero-order valence-electron chi connectivity index (χ0n) is 14.3. The van der Waals surface area contributed by atoms with Gasteiger partial charge in [0.25, 0.3) is 0 Å². The first-order valence-corrected chi connectivity index (χ1v) is 8.95. The van der Waals surface area contributed by atoms with Crippen molar-refractivity contribution in [3.05, 3.63) is 0 Å². The van der Waals surface area contributed by atoms with Crippen molar-refractivity contribution in [1.29, 1.82) is 0 Å². The second kappa shape index (κ2) is 7.91. The van der Waals surface area contributed by atoms with Crippen molar-refractivity contribution in [1.82, 2.24) is 15.1 Å².